The van der Waals surface area contributed by atoms with Crippen molar-refractivity contribution in [1.29, 1.82) is 0 Å². The van der Waals surface area contributed by atoms with E-state index < -0.39 is 4.87 Å². The van der Waals surface area contributed by atoms with Crippen LogP contribution in [0.2, 0.25) is 0 Å². The Morgan fingerprint density at radius 1 is 1.32 bits per heavy atom. The van der Waals surface area contributed by atoms with Crippen molar-refractivity contribution in [3.05, 3.63) is 52.5 Å². The minimum absolute atomic E-state index is 0.276. The third-order valence-electron chi connectivity index (χ3n) is 3.83. The van der Waals surface area contributed by atoms with E-state index in [9.17, 15) is 4.79 Å². The van der Waals surface area contributed by atoms with Crippen LogP contribution >= 0.6 is 22.9 Å². The van der Waals surface area contributed by atoms with E-state index >= 15 is 0 Å². The SMILES string of the molecule is O=C(OCc1ccccc1)N1CCC(Cl)(c2nccs2)CC1. The first-order valence-electron chi connectivity index (χ1n) is 7.22. The topological polar surface area (TPSA) is 42.4 Å². The first-order valence-corrected chi connectivity index (χ1v) is 8.48. The van der Waals surface area contributed by atoms with Crippen LogP contribution in [0.25, 0.3) is 0 Å². The van der Waals surface area contributed by atoms with Gasteiger partial charge in [-0.25, -0.2) is 9.78 Å². The Morgan fingerprint density at radius 3 is 2.68 bits per heavy atom. The summed E-state index contributed by atoms with van der Waals surface area (Å²) in [6.07, 6.45) is 2.89. The highest BCUT2D eigenvalue weighted by Crippen LogP contribution is 2.40. The number of likely N-dealkylation sites (tertiary alicyclic amines) is 1. The second-order valence-corrected chi connectivity index (χ2v) is 6.95. The molecule has 0 atom stereocenters. The van der Waals surface area contributed by atoms with E-state index in [0.29, 0.717) is 32.5 Å². The van der Waals surface area contributed by atoms with Crippen molar-refractivity contribution < 1.29 is 9.53 Å². The molecule has 6 heteroatoms. The molecule has 0 unspecified atom stereocenters. The average Bonchev–Trinajstić information content (AvgIpc) is 3.10. The number of carbonyl (C=O) groups excluding carboxylic acids is 1. The van der Waals surface area contributed by atoms with Gasteiger partial charge in [0.25, 0.3) is 0 Å². The number of amides is 1. The molecule has 2 heterocycles. The number of ether oxygens (including phenoxy) is 1. The quantitative estimate of drug-likeness (QED) is 0.795. The number of nitrogens with zero attached hydrogens (tertiary/aromatic N) is 2. The van der Waals surface area contributed by atoms with Gasteiger partial charge in [0, 0.05) is 24.7 Å². The van der Waals surface area contributed by atoms with Crippen LogP contribution in [0.3, 0.4) is 0 Å². The zero-order valence-corrected chi connectivity index (χ0v) is 13.6. The van der Waals surface area contributed by atoms with E-state index in [-0.39, 0.29) is 6.09 Å². The van der Waals surface area contributed by atoms with Gasteiger partial charge in [-0.3, -0.25) is 0 Å². The highest BCUT2D eigenvalue weighted by atomic mass is 35.5. The first-order chi connectivity index (χ1) is 10.7. The zero-order valence-electron chi connectivity index (χ0n) is 12.1. The summed E-state index contributed by atoms with van der Waals surface area (Å²) < 4.78 is 5.36. The summed E-state index contributed by atoms with van der Waals surface area (Å²) in [5.74, 6) is 0. The lowest BCUT2D eigenvalue weighted by Crippen LogP contribution is -2.43. The molecule has 1 amide bonds. The highest BCUT2D eigenvalue weighted by molar-refractivity contribution is 7.10. The van der Waals surface area contributed by atoms with E-state index in [1.165, 1.54) is 0 Å². The number of benzene rings is 1. The molecule has 116 valence electrons. The molecule has 0 aliphatic carbocycles. The molecule has 1 aliphatic heterocycles. The maximum Gasteiger partial charge on any atom is 0.410 e. The molecule has 2 aromatic rings. The monoisotopic (exact) mass is 336 g/mol. The van der Waals surface area contributed by atoms with Gasteiger partial charge in [0.2, 0.25) is 0 Å². The molecule has 1 aliphatic rings. The van der Waals surface area contributed by atoms with Gasteiger partial charge in [0.05, 0.1) is 4.87 Å². The Morgan fingerprint density at radius 2 is 2.05 bits per heavy atom. The van der Waals surface area contributed by atoms with Crippen molar-refractivity contribution in [3.63, 3.8) is 0 Å². The van der Waals surface area contributed by atoms with Gasteiger partial charge >= 0.3 is 6.09 Å². The molecule has 0 bridgehead atoms. The van der Waals surface area contributed by atoms with Crippen molar-refractivity contribution in [1.82, 2.24) is 9.88 Å². The smallest absolute Gasteiger partial charge is 0.410 e. The van der Waals surface area contributed by atoms with Crippen LogP contribution in [0.4, 0.5) is 4.79 Å². The molecule has 1 saturated heterocycles. The lowest BCUT2D eigenvalue weighted by molar-refractivity contribution is 0.0845. The van der Waals surface area contributed by atoms with Crippen LogP contribution in [0.1, 0.15) is 23.4 Å². The summed E-state index contributed by atoms with van der Waals surface area (Å²) >= 11 is 8.22. The Hall–Kier alpha value is -1.59. The molecule has 3 rings (SSSR count). The molecule has 4 nitrogen and oxygen atoms in total. The predicted octanol–water partition coefficient (Wildman–Crippen LogP) is 4.01. The van der Waals surface area contributed by atoms with Crippen molar-refractivity contribution >= 4 is 29.0 Å². The summed E-state index contributed by atoms with van der Waals surface area (Å²) in [6.45, 7) is 1.49. The number of rotatable bonds is 3. The van der Waals surface area contributed by atoms with Crippen LogP contribution in [-0.4, -0.2) is 29.1 Å². The van der Waals surface area contributed by atoms with E-state index in [0.717, 1.165) is 10.6 Å². The molecule has 0 saturated carbocycles. The van der Waals surface area contributed by atoms with Gasteiger partial charge in [-0.15, -0.1) is 22.9 Å². The largest absolute Gasteiger partial charge is 0.445 e. The lowest BCUT2D eigenvalue weighted by Gasteiger charge is -2.35. The van der Waals surface area contributed by atoms with Crippen LogP contribution in [0, 0.1) is 0 Å². The van der Waals surface area contributed by atoms with Gasteiger partial charge in [0.15, 0.2) is 0 Å². The summed E-state index contributed by atoms with van der Waals surface area (Å²) in [6, 6.07) is 9.68. The van der Waals surface area contributed by atoms with Crippen LogP contribution in [-0.2, 0) is 16.2 Å². The Bertz CT molecular complexity index is 610. The van der Waals surface area contributed by atoms with Gasteiger partial charge in [-0.05, 0) is 18.4 Å². The fraction of sp³-hybridized carbons (Fsp3) is 0.375. The normalized spacial score (nSPS) is 17.2. The molecule has 1 aromatic heterocycles. The number of hydrogen-bond donors (Lipinski definition) is 0. The molecular weight excluding hydrogens is 320 g/mol. The van der Waals surface area contributed by atoms with Crippen molar-refractivity contribution in [2.45, 2.75) is 24.3 Å². The number of halogens is 1. The lowest BCUT2D eigenvalue weighted by atomic mass is 9.97. The fourth-order valence-electron chi connectivity index (χ4n) is 2.51. The predicted molar refractivity (Wildman–Crippen MR) is 87.1 cm³/mol. The Labute approximate surface area is 138 Å². The standard InChI is InChI=1S/C16H17ClN2O2S/c17-16(14-18-8-11-22-14)6-9-19(10-7-16)15(20)21-12-13-4-2-1-3-5-13/h1-5,8,11H,6-7,9-10,12H2. The number of carbonyl (C=O) groups is 1. The van der Waals surface area contributed by atoms with E-state index in [2.05, 4.69) is 4.98 Å². The second kappa shape index (κ2) is 6.67. The van der Waals surface area contributed by atoms with E-state index in [4.69, 9.17) is 16.3 Å². The molecule has 0 N–H and O–H groups in total. The molecule has 1 aromatic carbocycles. The van der Waals surface area contributed by atoms with E-state index in [1.54, 1.807) is 22.4 Å². The molecule has 22 heavy (non-hydrogen) atoms. The zero-order chi connectivity index (χ0) is 15.4. The van der Waals surface area contributed by atoms with E-state index in [1.807, 2.05) is 35.7 Å². The highest BCUT2D eigenvalue weighted by Gasteiger charge is 2.38. The van der Waals surface area contributed by atoms with Gasteiger partial charge in [0.1, 0.15) is 11.6 Å². The minimum Gasteiger partial charge on any atom is -0.445 e. The fourth-order valence-corrected chi connectivity index (χ4v) is 3.65. The maximum atomic E-state index is 12.1. The third kappa shape index (κ3) is 3.42. The van der Waals surface area contributed by atoms with Gasteiger partial charge in [-0.1, -0.05) is 30.3 Å². The molecule has 0 spiro atoms. The van der Waals surface area contributed by atoms with Crippen molar-refractivity contribution in [2.75, 3.05) is 13.1 Å². The second-order valence-electron chi connectivity index (χ2n) is 5.33. The van der Waals surface area contributed by atoms with Gasteiger partial charge in [-0.2, -0.15) is 0 Å². The van der Waals surface area contributed by atoms with Crippen molar-refractivity contribution in [3.8, 4) is 0 Å². The van der Waals surface area contributed by atoms with Crippen molar-refractivity contribution in [2.24, 2.45) is 0 Å². The average molecular weight is 337 g/mol. The summed E-state index contributed by atoms with van der Waals surface area (Å²) in [4.78, 5) is 17.7. The first kappa shape index (κ1) is 15.3. The minimum atomic E-state index is -0.440. The number of alkyl halides is 1. The molecule has 1 fully saturated rings. The van der Waals surface area contributed by atoms with Crippen LogP contribution < -0.4 is 0 Å². The molecule has 0 radical (unpaired) electrons. The maximum absolute atomic E-state index is 12.1. The van der Waals surface area contributed by atoms with Crippen LogP contribution in [0.5, 0.6) is 0 Å². The number of aromatic nitrogens is 1. The number of hydrogen-bond acceptors (Lipinski definition) is 4. The summed E-state index contributed by atoms with van der Waals surface area (Å²) in [5.41, 5.74) is 0.988. The third-order valence-corrected chi connectivity index (χ3v) is 5.48. The Balaban J connectivity index is 1.52. The Kier molecular flexibility index (Phi) is 4.64. The summed E-state index contributed by atoms with van der Waals surface area (Å²) in [7, 11) is 0. The number of piperidine rings is 1. The summed E-state index contributed by atoms with van der Waals surface area (Å²) in [5, 5.41) is 2.87. The molecular formula is C16H17ClN2O2S. The van der Waals surface area contributed by atoms with Gasteiger partial charge < -0.3 is 9.64 Å². The number of thiazole rings is 1. The van der Waals surface area contributed by atoms with Crippen LogP contribution in [0.15, 0.2) is 41.9 Å².